The van der Waals surface area contributed by atoms with Crippen LogP contribution in [0.3, 0.4) is 0 Å². The summed E-state index contributed by atoms with van der Waals surface area (Å²) >= 11 is 0. The molecule has 19 heavy (non-hydrogen) atoms. The Bertz CT molecular complexity index is 622. The molecular formula is C16H16N2O. The Balaban J connectivity index is 1.83. The van der Waals surface area contributed by atoms with Gasteiger partial charge in [-0.15, -0.1) is 0 Å². The first-order valence-electron chi connectivity index (χ1n) is 6.54. The van der Waals surface area contributed by atoms with Crippen LogP contribution in [0.25, 0.3) is 0 Å². The summed E-state index contributed by atoms with van der Waals surface area (Å²) in [5.74, 6) is 0.0261. The summed E-state index contributed by atoms with van der Waals surface area (Å²) in [6.07, 6.45) is 0.924. The lowest BCUT2D eigenvalue weighted by Crippen LogP contribution is -2.36. The molecule has 1 aromatic heterocycles. The summed E-state index contributed by atoms with van der Waals surface area (Å²) in [4.78, 5) is 18.6. The van der Waals surface area contributed by atoms with Crippen LogP contribution in [0.4, 0.5) is 0 Å². The number of amides is 1. The van der Waals surface area contributed by atoms with Crippen molar-refractivity contribution in [1.29, 1.82) is 0 Å². The van der Waals surface area contributed by atoms with Gasteiger partial charge in [-0.3, -0.25) is 4.79 Å². The van der Waals surface area contributed by atoms with Gasteiger partial charge in [0.15, 0.2) is 0 Å². The zero-order chi connectivity index (χ0) is 13.2. The van der Waals surface area contributed by atoms with Crippen LogP contribution in [0.5, 0.6) is 0 Å². The van der Waals surface area contributed by atoms with E-state index in [1.807, 2.05) is 30.0 Å². The molecule has 3 nitrogen and oxygen atoms in total. The fourth-order valence-electron chi connectivity index (χ4n) is 2.49. The third kappa shape index (κ3) is 2.36. The maximum absolute atomic E-state index is 12.4. The first-order valence-corrected chi connectivity index (χ1v) is 6.54. The molecule has 0 radical (unpaired) electrons. The largest absolute Gasteiger partial charge is 0.333 e. The molecule has 0 N–H and O–H groups in total. The topological polar surface area (TPSA) is 33.2 Å². The van der Waals surface area contributed by atoms with Gasteiger partial charge in [-0.2, -0.15) is 0 Å². The van der Waals surface area contributed by atoms with Crippen molar-refractivity contribution >= 4 is 5.91 Å². The quantitative estimate of drug-likeness (QED) is 0.781. The molecule has 1 amide bonds. The molecule has 0 aliphatic carbocycles. The Morgan fingerprint density at radius 2 is 1.89 bits per heavy atom. The smallest absolute Gasteiger partial charge is 0.272 e. The highest BCUT2D eigenvalue weighted by molar-refractivity contribution is 5.92. The number of hydrogen-bond donors (Lipinski definition) is 0. The van der Waals surface area contributed by atoms with E-state index in [0.717, 1.165) is 18.7 Å². The monoisotopic (exact) mass is 252 g/mol. The van der Waals surface area contributed by atoms with E-state index in [1.165, 1.54) is 11.1 Å². The third-order valence-electron chi connectivity index (χ3n) is 3.53. The van der Waals surface area contributed by atoms with Gasteiger partial charge in [0.1, 0.15) is 5.69 Å². The fraction of sp³-hybridized carbons (Fsp3) is 0.250. The van der Waals surface area contributed by atoms with Crippen molar-refractivity contribution < 1.29 is 4.79 Å². The molecule has 3 rings (SSSR count). The molecule has 0 saturated heterocycles. The molecule has 1 aliphatic rings. The highest BCUT2D eigenvalue weighted by Crippen LogP contribution is 2.19. The first-order chi connectivity index (χ1) is 9.24. The van der Waals surface area contributed by atoms with Crippen molar-refractivity contribution in [2.45, 2.75) is 19.9 Å². The third-order valence-corrected chi connectivity index (χ3v) is 3.53. The number of benzene rings is 1. The minimum atomic E-state index is 0.0261. The molecule has 0 unspecified atom stereocenters. The van der Waals surface area contributed by atoms with Crippen molar-refractivity contribution in [2.75, 3.05) is 6.54 Å². The van der Waals surface area contributed by atoms with Gasteiger partial charge in [0.2, 0.25) is 0 Å². The zero-order valence-corrected chi connectivity index (χ0v) is 11.0. The van der Waals surface area contributed by atoms with Crippen molar-refractivity contribution in [2.24, 2.45) is 0 Å². The lowest BCUT2D eigenvalue weighted by atomic mass is 10.00. The van der Waals surface area contributed by atoms with Crippen LogP contribution in [-0.4, -0.2) is 22.3 Å². The highest BCUT2D eigenvalue weighted by atomic mass is 16.2. The average Bonchev–Trinajstić information content (AvgIpc) is 2.46. The number of aryl methyl sites for hydroxylation is 1. The summed E-state index contributed by atoms with van der Waals surface area (Å²) < 4.78 is 0. The molecule has 0 spiro atoms. The number of carbonyl (C=O) groups excluding carboxylic acids is 1. The molecule has 2 heterocycles. The molecule has 0 bridgehead atoms. The van der Waals surface area contributed by atoms with Crippen LogP contribution in [-0.2, 0) is 13.0 Å². The van der Waals surface area contributed by atoms with Crippen LogP contribution < -0.4 is 0 Å². The predicted molar refractivity (Wildman–Crippen MR) is 73.9 cm³/mol. The number of hydrogen-bond acceptors (Lipinski definition) is 2. The highest BCUT2D eigenvalue weighted by Gasteiger charge is 2.22. The minimum absolute atomic E-state index is 0.0261. The lowest BCUT2D eigenvalue weighted by molar-refractivity contribution is 0.0728. The van der Waals surface area contributed by atoms with Gasteiger partial charge in [0, 0.05) is 18.8 Å². The fourth-order valence-corrected chi connectivity index (χ4v) is 2.49. The predicted octanol–water partition coefficient (Wildman–Crippen LogP) is 2.59. The Morgan fingerprint density at radius 1 is 1.11 bits per heavy atom. The second kappa shape index (κ2) is 4.84. The maximum atomic E-state index is 12.4. The Hall–Kier alpha value is -2.16. The second-order valence-corrected chi connectivity index (χ2v) is 4.91. The van der Waals surface area contributed by atoms with Gasteiger partial charge in [0.25, 0.3) is 5.91 Å². The van der Waals surface area contributed by atoms with Gasteiger partial charge in [-0.1, -0.05) is 30.3 Å². The molecule has 1 aliphatic heterocycles. The summed E-state index contributed by atoms with van der Waals surface area (Å²) in [6, 6.07) is 13.9. The van der Waals surface area contributed by atoms with Gasteiger partial charge in [-0.05, 0) is 36.6 Å². The molecule has 2 aromatic rings. The van der Waals surface area contributed by atoms with E-state index in [1.54, 1.807) is 6.07 Å². The van der Waals surface area contributed by atoms with E-state index in [-0.39, 0.29) is 5.91 Å². The van der Waals surface area contributed by atoms with Crippen molar-refractivity contribution in [3.05, 3.63) is 65.0 Å². The standard InChI is InChI=1S/C16H16N2O/c1-12-5-4-8-15(17-12)16(19)18-10-9-13-6-2-3-7-14(13)11-18/h2-8H,9-11H2,1H3. The summed E-state index contributed by atoms with van der Waals surface area (Å²) in [7, 11) is 0. The van der Waals surface area contributed by atoms with E-state index in [9.17, 15) is 4.79 Å². The molecule has 0 saturated carbocycles. The molecule has 3 heteroatoms. The average molecular weight is 252 g/mol. The molecular weight excluding hydrogens is 236 g/mol. The maximum Gasteiger partial charge on any atom is 0.272 e. The van der Waals surface area contributed by atoms with E-state index in [0.29, 0.717) is 12.2 Å². The Kier molecular flexibility index (Phi) is 3.03. The minimum Gasteiger partial charge on any atom is -0.333 e. The number of pyridine rings is 1. The summed E-state index contributed by atoms with van der Waals surface area (Å²) in [5.41, 5.74) is 4.01. The number of fused-ring (bicyclic) bond motifs is 1. The van der Waals surface area contributed by atoms with Crippen LogP contribution >= 0.6 is 0 Å². The second-order valence-electron chi connectivity index (χ2n) is 4.91. The van der Waals surface area contributed by atoms with Crippen LogP contribution in [0.2, 0.25) is 0 Å². The molecule has 0 atom stereocenters. The number of carbonyl (C=O) groups is 1. The van der Waals surface area contributed by atoms with Gasteiger partial charge >= 0.3 is 0 Å². The van der Waals surface area contributed by atoms with Crippen molar-refractivity contribution in [3.8, 4) is 0 Å². The number of rotatable bonds is 1. The first kappa shape index (κ1) is 11.9. The number of nitrogens with zero attached hydrogens (tertiary/aromatic N) is 2. The Labute approximate surface area is 112 Å². The van der Waals surface area contributed by atoms with E-state index >= 15 is 0 Å². The molecule has 0 fully saturated rings. The summed E-state index contributed by atoms with van der Waals surface area (Å²) in [5, 5.41) is 0. The van der Waals surface area contributed by atoms with Crippen molar-refractivity contribution in [1.82, 2.24) is 9.88 Å². The van der Waals surface area contributed by atoms with E-state index < -0.39 is 0 Å². The van der Waals surface area contributed by atoms with Gasteiger partial charge < -0.3 is 4.90 Å². The lowest BCUT2D eigenvalue weighted by Gasteiger charge is -2.28. The summed E-state index contributed by atoms with van der Waals surface area (Å²) in [6.45, 7) is 3.36. The van der Waals surface area contributed by atoms with Gasteiger partial charge in [-0.25, -0.2) is 4.98 Å². The van der Waals surface area contributed by atoms with E-state index in [2.05, 4.69) is 23.2 Å². The van der Waals surface area contributed by atoms with Crippen LogP contribution in [0.15, 0.2) is 42.5 Å². The normalized spacial score (nSPS) is 14.1. The van der Waals surface area contributed by atoms with Crippen molar-refractivity contribution in [3.63, 3.8) is 0 Å². The van der Waals surface area contributed by atoms with Gasteiger partial charge in [0.05, 0.1) is 0 Å². The van der Waals surface area contributed by atoms with Crippen LogP contribution in [0.1, 0.15) is 27.3 Å². The van der Waals surface area contributed by atoms with E-state index in [4.69, 9.17) is 0 Å². The van der Waals surface area contributed by atoms with Crippen LogP contribution in [0, 0.1) is 6.92 Å². The Morgan fingerprint density at radius 3 is 2.68 bits per heavy atom. The molecule has 96 valence electrons. The molecule has 1 aromatic carbocycles. The zero-order valence-electron chi connectivity index (χ0n) is 11.0. The number of aromatic nitrogens is 1. The SMILES string of the molecule is Cc1cccc(C(=O)N2CCc3ccccc3C2)n1.